The van der Waals surface area contributed by atoms with Crippen molar-refractivity contribution in [2.45, 2.75) is 46.5 Å². The van der Waals surface area contributed by atoms with Crippen molar-refractivity contribution in [3.63, 3.8) is 0 Å². The Morgan fingerprint density at radius 2 is 1.96 bits per heavy atom. The van der Waals surface area contributed by atoms with Crippen LogP contribution < -0.4 is 5.73 Å². The van der Waals surface area contributed by atoms with Gasteiger partial charge in [0.15, 0.2) is 5.69 Å². The quantitative estimate of drug-likeness (QED) is 0.867. The highest BCUT2D eigenvalue weighted by Gasteiger charge is 2.30. The van der Waals surface area contributed by atoms with Gasteiger partial charge in [0, 0.05) is 24.8 Å². The summed E-state index contributed by atoms with van der Waals surface area (Å²) in [5, 5.41) is 4.73. The van der Waals surface area contributed by atoms with Crippen LogP contribution in [0.5, 0.6) is 0 Å². The predicted octanol–water partition coefficient (Wildman–Crippen LogP) is 2.98. The number of carbonyl (C=O) groups excluding carboxylic acids is 1. The highest BCUT2D eigenvalue weighted by molar-refractivity contribution is 5.94. The average Bonchev–Trinajstić information content (AvgIpc) is 3.23. The van der Waals surface area contributed by atoms with E-state index in [9.17, 15) is 4.79 Å². The molecule has 1 amide bonds. The van der Waals surface area contributed by atoms with E-state index in [1.807, 2.05) is 11.7 Å². The van der Waals surface area contributed by atoms with Gasteiger partial charge in [-0.2, -0.15) is 5.10 Å². The zero-order chi connectivity index (χ0) is 18.9. The molecule has 2 aromatic rings. The third-order valence-electron chi connectivity index (χ3n) is 5.29. The predicted molar refractivity (Wildman–Crippen MR) is 105 cm³/mol. The Balaban J connectivity index is 1.93. The van der Waals surface area contributed by atoms with E-state index >= 15 is 0 Å². The molecule has 2 N–H and O–H groups in total. The fourth-order valence-corrected chi connectivity index (χ4v) is 3.65. The largest absolute Gasteiger partial charge is 0.340 e. The van der Waals surface area contributed by atoms with Gasteiger partial charge in [-0.3, -0.25) is 4.79 Å². The molecule has 5 nitrogen and oxygen atoms in total. The van der Waals surface area contributed by atoms with Crippen molar-refractivity contribution in [1.82, 2.24) is 14.7 Å². The number of benzene rings is 1. The molecule has 3 rings (SSSR count). The summed E-state index contributed by atoms with van der Waals surface area (Å²) in [6.07, 6.45) is 4.00. The van der Waals surface area contributed by atoms with Crippen molar-refractivity contribution < 1.29 is 4.79 Å². The Labute approximate surface area is 156 Å². The number of hydrogen-bond acceptors (Lipinski definition) is 3. The molecule has 0 spiro atoms. The molecule has 1 aliphatic carbocycles. The minimum atomic E-state index is -0.105. The van der Waals surface area contributed by atoms with Crippen molar-refractivity contribution >= 4 is 5.91 Å². The third kappa shape index (κ3) is 3.54. The monoisotopic (exact) mass is 354 g/mol. The summed E-state index contributed by atoms with van der Waals surface area (Å²) in [5.41, 5.74) is 11.0. The normalized spacial score (nSPS) is 13.7. The smallest absolute Gasteiger partial charge is 0.274 e. The summed E-state index contributed by atoms with van der Waals surface area (Å²) in [6.45, 7) is 7.47. The lowest BCUT2D eigenvalue weighted by atomic mass is 9.93. The molecule has 1 aliphatic rings. The molecular formula is C21H30N4O. The molecule has 0 saturated heterocycles. The highest BCUT2D eigenvalue weighted by Crippen LogP contribution is 2.29. The van der Waals surface area contributed by atoms with Crippen LogP contribution in [0.25, 0.3) is 5.69 Å². The minimum absolute atomic E-state index is 0.00592. The second-order valence-corrected chi connectivity index (χ2v) is 8.09. The van der Waals surface area contributed by atoms with Gasteiger partial charge in [0.25, 0.3) is 5.91 Å². The number of aryl methyl sites for hydroxylation is 1. The van der Waals surface area contributed by atoms with E-state index in [1.165, 1.54) is 11.3 Å². The van der Waals surface area contributed by atoms with E-state index in [0.717, 1.165) is 36.9 Å². The molecular weight excluding hydrogens is 324 g/mol. The van der Waals surface area contributed by atoms with Crippen molar-refractivity contribution in [2.75, 3.05) is 20.1 Å². The fourth-order valence-electron chi connectivity index (χ4n) is 3.65. The Morgan fingerprint density at radius 3 is 2.58 bits per heavy atom. The Morgan fingerprint density at radius 1 is 1.27 bits per heavy atom. The van der Waals surface area contributed by atoms with Crippen molar-refractivity contribution in [3.05, 3.63) is 46.8 Å². The van der Waals surface area contributed by atoms with E-state index in [4.69, 9.17) is 10.8 Å². The van der Waals surface area contributed by atoms with Crippen molar-refractivity contribution in [1.29, 1.82) is 0 Å². The summed E-state index contributed by atoms with van der Waals surface area (Å²) in [5.74, 6) is -0.00592. The Kier molecular flexibility index (Phi) is 5.19. The van der Waals surface area contributed by atoms with Crippen LogP contribution >= 0.6 is 0 Å². The standard InChI is InChI=1S/C21H30N4O/c1-5-15-9-11-16(12-10-15)25-18-8-6-7-17(18)19(23-25)20(26)24(4)14-21(2,3)13-22/h9-12H,5-8,13-14,22H2,1-4H3. The molecule has 140 valence electrons. The molecule has 0 unspecified atom stereocenters. The molecule has 1 aromatic carbocycles. The number of amides is 1. The molecule has 1 aromatic heterocycles. The lowest BCUT2D eigenvalue weighted by Gasteiger charge is -2.28. The van der Waals surface area contributed by atoms with Crippen LogP contribution in [-0.4, -0.2) is 40.7 Å². The third-order valence-corrected chi connectivity index (χ3v) is 5.29. The van der Waals surface area contributed by atoms with Gasteiger partial charge < -0.3 is 10.6 Å². The summed E-state index contributed by atoms with van der Waals surface area (Å²) >= 11 is 0. The molecule has 0 fully saturated rings. The van der Waals surface area contributed by atoms with Crippen LogP contribution in [0, 0.1) is 5.41 Å². The van der Waals surface area contributed by atoms with Crippen molar-refractivity contribution in [3.8, 4) is 5.69 Å². The van der Waals surface area contributed by atoms with Crippen LogP contribution in [0.2, 0.25) is 0 Å². The summed E-state index contributed by atoms with van der Waals surface area (Å²) in [7, 11) is 1.84. The minimum Gasteiger partial charge on any atom is -0.340 e. The van der Waals surface area contributed by atoms with Crippen LogP contribution in [0.15, 0.2) is 24.3 Å². The van der Waals surface area contributed by atoms with Crippen LogP contribution in [0.3, 0.4) is 0 Å². The lowest BCUT2D eigenvalue weighted by molar-refractivity contribution is 0.0733. The van der Waals surface area contributed by atoms with E-state index in [0.29, 0.717) is 18.8 Å². The zero-order valence-electron chi connectivity index (χ0n) is 16.4. The van der Waals surface area contributed by atoms with Gasteiger partial charge in [0.2, 0.25) is 0 Å². The molecule has 1 heterocycles. The van der Waals surface area contributed by atoms with Crippen LogP contribution in [-0.2, 0) is 19.3 Å². The van der Waals surface area contributed by atoms with E-state index in [1.54, 1.807) is 4.90 Å². The van der Waals surface area contributed by atoms with Gasteiger partial charge in [-0.25, -0.2) is 4.68 Å². The average molecular weight is 354 g/mol. The maximum absolute atomic E-state index is 13.1. The summed E-state index contributed by atoms with van der Waals surface area (Å²) in [4.78, 5) is 14.8. The molecule has 0 bridgehead atoms. The Bertz CT molecular complexity index is 789. The van der Waals surface area contributed by atoms with Gasteiger partial charge >= 0.3 is 0 Å². The zero-order valence-corrected chi connectivity index (χ0v) is 16.4. The molecule has 0 saturated carbocycles. The number of rotatable bonds is 6. The van der Waals surface area contributed by atoms with Crippen molar-refractivity contribution in [2.24, 2.45) is 11.1 Å². The maximum Gasteiger partial charge on any atom is 0.274 e. The first kappa shape index (κ1) is 18.6. The molecule has 26 heavy (non-hydrogen) atoms. The first-order chi connectivity index (χ1) is 12.4. The second kappa shape index (κ2) is 7.23. The maximum atomic E-state index is 13.1. The number of nitrogens with zero attached hydrogens (tertiary/aromatic N) is 3. The van der Waals surface area contributed by atoms with Crippen LogP contribution in [0.1, 0.15) is 54.5 Å². The van der Waals surface area contributed by atoms with E-state index in [2.05, 4.69) is 45.0 Å². The Hall–Kier alpha value is -2.14. The summed E-state index contributed by atoms with van der Waals surface area (Å²) < 4.78 is 1.97. The number of carbonyl (C=O) groups is 1. The van der Waals surface area contributed by atoms with E-state index < -0.39 is 0 Å². The molecule has 0 atom stereocenters. The van der Waals surface area contributed by atoms with Gasteiger partial charge in [-0.05, 0) is 55.3 Å². The second-order valence-electron chi connectivity index (χ2n) is 8.09. The SMILES string of the molecule is CCc1ccc(-n2nc(C(=O)N(C)CC(C)(C)CN)c3c2CCC3)cc1. The number of nitrogens with two attached hydrogens (primary N) is 1. The van der Waals surface area contributed by atoms with Gasteiger partial charge in [-0.1, -0.05) is 32.9 Å². The highest BCUT2D eigenvalue weighted by atomic mass is 16.2. The topological polar surface area (TPSA) is 64.2 Å². The van der Waals surface area contributed by atoms with E-state index in [-0.39, 0.29) is 11.3 Å². The molecule has 0 aliphatic heterocycles. The van der Waals surface area contributed by atoms with Gasteiger partial charge in [0.05, 0.1) is 5.69 Å². The summed E-state index contributed by atoms with van der Waals surface area (Å²) in [6, 6.07) is 8.46. The number of fused-ring (bicyclic) bond motifs is 1. The first-order valence-electron chi connectivity index (χ1n) is 9.52. The van der Waals surface area contributed by atoms with Crippen LogP contribution in [0.4, 0.5) is 0 Å². The molecule has 5 heteroatoms. The lowest BCUT2D eigenvalue weighted by Crippen LogP contribution is -2.40. The van der Waals surface area contributed by atoms with Gasteiger partial charge in [0.1, 0.15) is 0 Å². The first-order valence-corrected chi connectivity index (χ1v) is 9.52. The fraction of sp³-hybridized carbons (Fsp3) is 0.524. The van der Waals surface area contributed by atoms with Gasteiger partial charge in [-0.15, -0.1) is 0 Å². The molecule has 0 radical (unpaired) electrons. The number of aromatic nitrogens is 2. The number of hydrogen-bond donors (Lipinski definition) is 1.